The second-order valence-electron chi connectivity index (χ2n) is 3.18. The van der Waals surface area contributed by atoms with Gasteiger partial charge in [-0.15, -0.1) is 11.3 Å². The standard InChI is InChI=1S/C11H7F2NOS/c1-6-14-9(5-16-6)11(15)10-7(12)3-2-4-8(10)13/h2-5H,1H3. The van der Waals surface area contributed by atoms with Crippen LogP contribution in [0.4, 0.5) is 8.78 Å². The summed E-state index contributed by atoms with van der Waals surface area (Å²) in [5.41, 5.74) is -0.473. The SMILES string of the molecule is Cc1nc(C(=O)c2c(F)cccc2F)cs1. The fourth-order valence-corrected chi connectivity index (χ4v) is 1.90. The van der Waals surface area contributed by atoms with Crippen LogP contribution in [-0.2, 0) is 0 Å². The number of hydrogen-bond donors (Lipinski definition) is 0. The third-order valence-electron chi connectivity index (χ3n) is 2.04. The molecule has 0 aliphatic carbocycles. The van der Waals surface area contributed by atoms with Crippen LogP contribution in [0.1, 0.15) is 21.1 Å². The lowest BCUT2D eigenvalue weighted by atomic mass is 10.1. The van der Waals surface area contributed by atoms with E-state index in [0.717, 1.165) is 12.1 Å². The number of hydrogen-bond acceptors (Lipinski definition) is 3. The molecule has 0 amide bonds. The molecular formula is C11H7F2NOS. The normalized spacial score (nSPS) is 10.4. The maximum absolute atomic E-state index is 13.3. The lowest BCUT2D eigenvalue weighted by Crippen LogP contribution is -2.07. The Kier molecular flexibility index (Phi) is 2.78. The highest BCUT2D eigenvalue weighted by Gasteiger charge is 2.20. The Hall–Kier alpha value is -1.62. The first-order chi connectivity index (χ1) is 7.59. The van der Waals surface area contributed by atoms with E-state index in [1.165, 1.54) is 22.8 Å². The molecule has 5 heteroatoms. The smallest absolute Gasteiger partial charge is 0.218 e. The lowest BCUT2D eigenvalue weighted by molar-refractivity contribution is 0.102. The van der Waals surface area contributed by atoms with E-state index >= 15 is 0 Å². The Bertz CT molecular complexity index is 530. The van der Waals surface area contributed by atoms with Crippen LogP contribution >= 0.6 is 11.3 Å². The van der Waals surface area contributed by atoms with E-state index in [1.807, 2.05) is 0 Å². The van der Waals surface area contributed by atoms with Crippen LogP contribution in [0, 0.1) is 18.6 Å². The second-order valence-corrected chi connectivity index (χ2v) is 4.24. The minimum atomic E-state index is -0.865. The zero-order valence-electron chi connectivity index (χ0n) is 8.33. The zero-order chi connectivity index (χ0) is 11.7. The van der Waals surface area contributed by atoms with E-state index in [4.69, 9.17) is 0 Å². The van der Waals surface area contributed by atoms with Gasteiger partial charge >= 0.3 is 0 Å². The molecule has 0 aliphatic heterocycles. The molecule has 1 heterocycles. The molecule has 0 atom stereocenters. The summed E-state index contributed by atoms with van der Waals surface area (Å²) >= 11 is 1.26. The van der Waals surface area contributed by atoms with Crippen molar-refractivity contribution < 1.29 is 13.6 Å². The quantitative estimate of drug-likeness (QED) is 0.754. The van der Waals surface area contributed by atoms with E-state index in [9.17, 15) is 13.6 Å². The molecule has 0 fully saturated rings. The fraction of sp³-hybridized carbons (Fsp3) is 0.0909. The number of aryl methyl sites for hydroxylation is 1. The summed E-state index contributed by atoms with van der Waals surface area (Å²) in [5.74, 6) is -2.45. The maximum Gasteiger partial charge on any atom is 0.218 e. The van der Waals surface area contributed by atoms with Gasteiger partial charge in [0.05, 0.1) is 10.6 Å². The zero-order valence-corrected chi connectivity index (χ0v) is 9.15. The lowest BCUT2D eigenvalue weighted by Gasteiger charge is -2.00. The summed E-state index contributed by atoms with van der Waals surface area (Å²) in [6.07, 6.45) is 0. The summed E-state index contributed by atoms with van der Waals surface area (Å²) in [6, 6.07) is 3.32. The van der Waals surface area contributed by atoms with Crippen LogP contribution in [0.25, 0.3) is 0 Å². The number of thiazole rings is 1. The number of rotatable bonds is 2. The van der Waals surface area contributed by atoms with Gasteiger partial charge in [0.15, 0.2) is 0 Å². The Morgan fingerprint density at radius 2 is 1.94 bits per heavy atom. The molecule has 16 heavy (non-hydrogen) atoms. The Morgan fingerprint density at radius 3 is 2.44 bits per heavy atom. The van der Waals surface area contributed by atoms with Gasteiger partial charge in [-0.1, -0.05) is 6.07 Å². The molecule has 82 valence electrons. The summed E-state index contributed by atoms with van der Waals surface area (Å²) < 4.78 is 26.6. The van der Waals surface area contributed by atoms with Gasteiger partial charge < -0.3 is 0 Å². The maximum atomic E-state index is 13.3. The molecular weight excluding hydrogens is 232 g/mol. The average Bonchev–Trinajstić information content (AvgIpc) is 2.64. The number of benzene rings is 1. The third kappa shape index (κ3) is 1.86. The molecule has 0 spiro atoms. The highest BCUT2D eigenvalue weighted by Crippen LogP contribution is 2.18. The molecule has 2 nitrogen and oxygen atoms in total. The molecule has 0 saturated carbocycles. The van der Waals surface area contributed by atoms with Gasteiger partial charge in [-0.05, 0) is 19.1 Å². The van der Waals surface area contributed by atoms with Gasteiger partial charge in [0.25, 0.3) is 0 Å². The van der Waals surface area contributed by atoms with Crippen molar-refractivity contribution in [1.29, 1.82) is 0 Å². The van der Waals surface area contributed by atoms with Gasteiger partial charge in [-0.25, -0.2) is 13.8 Å². The fourth-order valence-electron chi connectivity index (χ4n) is 1.31. The van der Waals surface area contributed by atoms with Gasteiger partial charge in [0.2, 0.25) is 5.78 Å². The number of carbonyl (C=O) groups is 1. The molecule has 1 aromatic carbocycles. The summed E-state index contributed by atoms with van der Waals surface area (Å²) in [5, 5.41) is 2.17. The molecule has 0 radical (unpaired) electrons. The van der Waals surface area contributed by atoms with Gasteiger partial charge in [-0.3, -0.25) is 4.79 Å². The predicted molar refractivity (Wildman–Crippen MR) is 56.6 cm³/mol. The van der Waals surface area contributed by atoms with E-state index in [-0.39, 0.29) is 5.69 Å². The van der Waals surface area contributed by atoms with Crippen molar-refractivity contribution in [3.05, 3.63) is 51.5 Å². The summed E-state index contributed by atoms with van der Waals surface area (Å²) in [7, 11) is 0. The van der Waals surface area contributed by atoms with Crippen molar-refractivity contribution in [3.8, 4) is 0 Å². The van der Waals surface area contributed by atoms with Crippen molar-refractivity contribution in [2.75, 3.05) is 0 Å². The molecule has 2 rings (SSSR count). The van der Waals surface area contributed by atoms with Crippen molar-refractivity contribution in [2.45, 2.75) is 6.92 Å². The number of ketones is 1. The number of aromatic nitrogens is 1. The van der Waals surface area contributed by atoms with Crippen molar-refractivity contribution in [2.24, 2.45) is 0 Å². The molecule has 0 unspecified atom stereocenters. The minimum Gasteiger partial charge on any atom is -0.287 e. The third-order valence-corrected chi connectivity index (χ3v) is 2.81. The van der Waals surface area contributed by atoms with Crippen LogP contribution in [0.15, 0.2) is 23.6 Å². The van der Waals surface area contributed by atoms with Crippen molar-refractivity contribution in [1.82, 2.24) is 4.98 Å². The first-order valence-electron chi connectivity index (χ1n) is 4.50. The molecule has 1 aromatic heterocycles. The highest BCUT2D eigenvalue weighted by molar-refractivity contribution is 7.09. The molecule has 0 saturated heterocycles. The Balaban J connectivity index is 2.49. The predicted octanol–water partition coefficient (Wildman–Crippen LogP) is 2.96. The van der Waals surface area contributed by atoms with E-state index in [1.54, 1.807) is 6.92 Å². The van der Waals surface area contributed by atoms with Crippen LogP contribution in [-0.4, -0.2) is 10.8 Å². The number of carbonyl (C=O) groups excluding carboxylic acids is 1. The molecule has 2 aromatic rings. The van der Waals surface area contributed by atoms with Gasteiger partial charge in [-0.2, -0.15) is 0 Å². The van der Waals surface area contributed by atoms with Crippen LogP contribution in [0.3, 0.4) is 0 Å². The Labute approximate surface area is 94.6 Å². The number of halogens is 2. The minimum absolute atomic E-state index is 0.0755. The van der Waals surface area contributed by atoms with Crippen LogP contribution < -0.4 is 0 Å². The second kappa shape index (κ2) is 4.09. The monoisotopic (exact) mass is 239 g/mol. The van der Waals surface area contributed by atoms with Crippen molar-refractivity contribution >= 4 is 17.1 Å². The van der Waals surface area contributed by atoms with Crippen molar-refractivity contribution in [3.63, 3.8) is 0 Å². The Morgan fingerprint density at radius 1 is 1.31 bits per heavy atom. The largest absolute Gasteiger partial charge is 0.287 e. The molecule has 0 bridgehead atoms. The van der Waals surface area contributed by atoms with E-state index in [0.29, 0.717) is 5.01 Å². The van der Waals surface area contributed by atoms with Gasteiger partial charge in [0, 0.05) is 5.38 Å². The highest BCUT2D eigenvalue weighted by atomic mass is 32.1. The number of nitrogens with zero attached hydrogens (tertiary/aromatic N) is 1. The van der Waals surface area contributed by atoms with Crippen LogP contribution in [0.5, 0.6) is 0 Å². The summed E-state index contributed by atoms with van der Waals surface area (Å²) in [6.45, 7) is 1.72. The summed E-state index contributed by atoms with van der Waals surface area (Å²) in [4.78, 5) is 15.7. The van der Waals surface area contributed by atoms with Gasteiger partial charge in [0.1, 0.15) is 17.3 Å². The van der Waals surface area contributed by atoms with Crippen LogP contribution in [0.2, 0.25) is 0 Å². The first kappa shape index (κ1) is 10.9. The first-order valence-corrected chi connectivity index (χ1v) is 5.38. The van der Waals surface area contributed by atoms with E-state index < -0.39 is 23.0 Å². The average molecular weight is 239 g/mol. The van der Waals surface area contributed by atoms with E-state index in [2.05, 4.69) is 4.98 Å². The topological polar surface area (TPSA) is 30.0 Å². The molecule has 0 N–H and O–H groups in total. The molecule has 0 aliphatic rings.